The SMILES string of the molecule is COc1cc([C@@H]2[C@H](N3C(=O)c4ccc([N+](=O)[O-])cc4C3=O)C(=O)N2c2ccc(C)c(Cl)c2)cc(OC)c1OC. The van der Waals surface area contributed by atoms with Crippen molar-refractivity contribution in [3.8, 4) is 17.2 Å². The molecule has 0 N–H and O–H groups in total. The molecule has 2 atom stereocenters. The summed E-state index contributed by atoms with van der Waals surface area (Å²) in [7, 11) is 4.34. The number of anilines is 1. The molecule has 0 unspecified atom stereocenters. The number of ether oxygens (including phenoxy) is 3. The summed E-state index contributed by atoms with van der Waals surface area (Å²) in [5.74, 6) is -1.10. The maximum atomic E-state index is 13.7. The van der Waals surface area contributed by atoms with Gasteiger partial charge >= 0.3 is 0 Å². The van der Waals surface area contributed by atoms with Gasteiger partial charge in [0.1, 0.15) is 6.04 Å². The van der Waals surface area contributed by atoms with Gasteiger partial charge in [-0.15, -0.1) is 0 Å². The first kappa shape index (κ1) is 26.0. The van der Waals surface area contributed by atoms with E-state index in [1.54, 1.807) is 30.3 Å². The van der Waals surface area contributed by atoms with Gasteiger partial charge in [0.25, 0.3) is 23.4 Å². The van der Waals surface area contributed by atoms with Gasteiger partial charge in [0.05, 0.1) is 43.4 Å². The fourth-order valence-electron chi connectivity index (χ4n) is 4.96. The molecule has 0 radical (unpaired) electrons. The van der Waals surface area contributed by atoms with Crippen molar-refractivity contribution in [2.75, 3.05) is 26.2 Å². The predicted octanol–water partition coefficient (Wildman–Crippen LogP) is 4.34. The number of nitrogens with zero attached hydrogens (tertiary/aromatic N) is 3. The summed E-state index contributed by atoms with van der Waals surface area (Å²) >= 11 is 6.36. The number of rotatable bonds is 7. The number of hydrogen-bond acceptors (Lipinski definition) is 8. The van der Waals surface area contributed by atoms with E-state index in [0.29, 0.717) is 33.5 Å². The van der Waals surface area contributed by atoms with Gasteiger partial charge < -0.3 is 19.1 Å². The van der Waals surface area contributed by atoms with Crippen molar-refractivity contribution < 1.29 is 33.5 Å². The van der Waals surface area contributed by atoms with Crippen molar-refractivity contribution in [3.05, 3.63) is 85.9 Å². The number of imide groups is 1. The fraction of sp³-hybridized carbons (Fsp3) is 0.222. The lowest BCUT2D eigenvalue weighted by Gasteiger charge is -2.50. The van der Waals surface area contributed by atoms with Gasteiger partial charge in [-0.05, 0) is 48.4 Å². The average Bonchev–Trinajstić information content (AvgIpc) is 3.17. The number of β-lactam (4-membered cyclic amide) rings is 1. The molecule has 0 saturated carbocycles. The lowest BCUT2D eigenvalue weighted by Crippen LogP contribution is -2.67. The highest BCUT2D eigenvalue weighted by Gasteiger charge is 2.57. The van der Waals surface area contributed by atoms with Gasteiger partial charge in [-0.3, -0.25) is 29.4 Å². The molecule has 0 spiro atoms. The van der Waals surface area contributed by atoms with Gasteiger partial charge in [-0.2, -0.15) is 0 Å². The van der Waals surface area contributed by atoms with Crippen LogP contribution in [0.25, 0.3) is 0 Å². The van der Waals surface area contributed by atoms with Gasteiger partial charge in [0.15, 0.2) is 11.5 Å². The topological polar surface area (TPSA) is 129 Å². The van der Waals surface area contributed by atoms with E-state index in [0.717, 1.165) is 22.6 Å². The maximum absolute atomic E-state index is 13.7. The first-order valence-electron chi connectivity index (χ1n) is 11.7. The van der Waals surface area contributed by atoms with E-state index in [1.165, 1.54) is 32.3 Å². The van der Waals surface area contributed by atoms with Crippen LogP contribution in [0.15, 0.2) is 48.5 Å². The van der Waals surface area contributed by atoms with E-state index in [1.807, 2.05) is 6.92 Å². The second-order valence-corrected chi connectivity index (χ2v) is 9.36. The second kappa shape index (κ2) is 9.59. The first-order chi connectivity index (χ1) is 18.6. The highest BCUT2D eigenvalue weighted by atomic mass is 35.5. The van der Waals surface area contributed by atoms with Crippen LogP contribution in [-0.4, -0.2) is 54.9 Å². The van der Waals surface area contributed by atoms with Gasteiger partial charge in [0.2, 0.25) is 5.75 Å². The molecule has 0 aliphatic carbocycles. The predicted molar refractivity (Wildman–Crippen MR) is 140 cm³/mol. The Morgan fingerprint density at radius 3 is 2.03 bits per heavy atom. The third-order valence-corrected chi connectivity index (χ3v) is 7.33. The number of nitro benzene ring substituents is 1. The minimum absolute atomic E-state index is 0.0149. The summed E-state index contributed by atoms with van der Waals surface area (Å²) in [5.41, 5.74) is 1.26. The van der Waals surface area contributed by atoms with Crippen LogP contribution in [0, 0.1) is 17.0 Å². The molecule has 11 nitrogen and oxygen atoms in total. The molecular formula is C27H22ClN3O8. The van der Waals surface area contributed by atoms with Crippen LogP contribution in [0.2, 0.25) is 5.02 Å². The number of hydrogen-bond donors (Lipinski definition) is 0. The standard InChI is InChI=1S/C27H22ClN3O8/c1-13-5-6-15(12-19(13)28)29-22(14-9-20(37-2)24(39-4)21(10-14)38-3)23(27(29)34)30-25(32)17-8-7-16(31(35)36)11-18(17)26(30)33/h5-12,22-23H,1-4H3/t22-,23+/m1/s1. The molecular weight excluding hydrogens is 530 g/mol. The smallest absolute Gasteiger partial charge is 0.270 e. The Hall–Kier alpha value is -4.64. The van der Waals surface area contributed by atoms with Crippen LogP contribution in [0.5, 0.6) is 17.2 Å². The number of fused-ring (bicyclic) bond motifs is 1. The number of benzene rings is 3. The van der Waals surface area contributed by atoms with E-state index in [9.17, 15) is 24.5 Å². The van der Waals surface area contributed by atoms with Crippen LogP contribution in [0.1, 0.15) is 37.9 Å². The number of halogens is 1. The van der Waals surface area contributed by atoms with E-state index in [2.05, 4.69) is 0 Å². The highest BCUT2D eigenvalue weighted by molar-refractivity contribution is 6.32. The van der Waals surface area contributed by atoms with E-state index >= 15 is 0 Å². The number of amides is 3. The number of methoxy groups -OCH3 is 3. The summed E-state index contributed by atoms with van der Waals surface area (Å²) in [6.45, 7) is 1.82. The molecule has 2 aliphatic heterocycles. The number of non-ortho nitro benzene ring substituents is 1. The molecule has 1 fully saturated rings. The largest absolute Gasteiger partial charge is 0.493 e. The summed E-state index contributed by atoms with van der Waals surface area (Å²) in [6, 6.07) is 9.68. The van der Waals surface area contributed by atoms with E-state index in [-0.39, 0.29) is 16.8 Å². The lowest BCUT2D eigenvalue weighted by atomic mass is 9.85. The molecule has 3 aromatic rings. The quantitative estimate of drug-likeness (QED) is 0.184. The summed E-state index contributed by atoms with van der Waals surface area (Å²) in [4.78, 5) is 53.5. The van der Waals surface area contributed by atoms with Crippen molar-refractivity contribution in [2.24, 2.45) is 0 Å². The Labute approximate surface area is 227 Å². The number of aryl methyl sites for hydroxylation is 1. The van der Waals surface area contributed by atoms with Gasteiger partial charge in [-0.25, -0.2) is 0 Å². The highest BCUT2D eigenvalue weighted by Crippen LogP contribution is 2.48. The Kier molecular flexibility index (Phi) is 6.39. The van der Waals surface area contributed by atoms with Crippen molar-refractivity contribution in [1.82, 2.24) is 4.90 Å². The Balaban J connectivity index is 1.65. The van der Waals surface area contributed by atoms with E-state index < -0.39 is 34.7 Å². The van der Waals surface area contributed by atoms with Crippen molar-refractivity contribution in [2.45, 2.75) is 19.0 Å². The first-order valence-corrected chi connectivity index (χ1v) is 12.1. The Morgan fingerprint density at radius 2 is 1.46 bits per heavy atom. The minimum atomic E-state index is -1.25. The minimum Gasteiger partial charge on any atom is -0.493 e. The molecule has 2 aliphatic rings. The zero-order valence-corrected chi connectivity index (χ0v) is 22.0. The summed E-state index contributed by atoms with van der Waals surface area (Å²) < 4.78 is 16.4. The second-order valence-electron chi connectivity index (χ2n) is 8.96. The van der Waals surface area contributed by atoms with Crippen LogP contribution in [0.4, 0.5) is 11.4 Å². The average molecular weight is 552 g/mol. The molecule has 3 aromatic carbocycles. The molecule has 0 bridgehead atoms. The lowest BCUT2D eigenvalue weighted by molar-refractivity contribution is -0.384. The zero-order valence-electron chi connectivity index (χ0n) is 21.3. The van der Waals surface area contributed by atoms with Crippen LogP contribution < -0.4 is 19.1 Å². The number of carbonyl (C=O) groups is 3. The third kappa shape index (κ3) is 3.93. The van der Waals surface area contributed by atoms with Crippen LogP contribution in [-0.2, 0) is 4.79 Å². The summed E-state index contributed by atoms with van der Waals surface area (Å²) in [6.07, 6.45) is 0. The van der Waals surface area contributed by atoms with Crippen molar-refractivity contribution in [3.63, 3.8) is 0 Å². The number of carbonyl (C=O) groups excluding carboxylic acids is 3. The number of nitro groups is 1. The molecule has 39 heavy (non-hydrogen) atoms. The molecule has 3 amide bonds. The van der Waals surface area contributed by atoms with Crippen LogP contribution in [0.3, 0.4) is 0 Å². The van der Waals surface area contributed by atoms with Gasteiger partial charge in [-0.1, -0.05) is 17.7 Å². The third-order valence-electron chi connectivity index (χ3n) is 6.92. The van der Waals surface area contributed by atoms with Crippen molar-refractivity contribution in [1.29, 1.82) is 0 Å². The molecule has 1 saturated heterocycles. The zero-order chi connectivity index (χ0) is 28.2. The van der Waals surface area contributed by atoms with Gasteiger partial charge in [0, 0.05) is 22.8 Å². The Morgan fingerprint density at radius 1 is 0.821 bits per heavy atom. The molecule has 12 heteroatoms. The molecule has 0 aromatic heterocycles. The summed E-state index contributed by atoms with van der Waals surface area (Å²) in [5, 5.41) is 11.7. The fourth-order valence-corrected chi connectivity index (χ4v) is 5.14. The molecule has 200 valence electrons. The molecule has 5 rings (SSSR count). The maximum Gasteiger partial charge on any atom is 0.270 e. The Bertz CT molecular complexity index is 1550. The van der Waals surface area contributed by atoms with Crippen LogP contribution >= 0.6 is 11.6 Å². The van der Waals surface area contributed by atoms with Crippen molar-refractivity contribution >= 4 is 40.7 Å². The molecule has 2 heterocycles. The van der Waals surface area contributed by atoms with E-state index in [4.69, 9.17) is 25.8 Å². The normalized spacial score (nSPS) is 18.1. The monoisotopic (exact) mass is 551 g/mol.